The van der Waals surface area contributed by atoms with Crippen molar-refractivity contribution in [2.24, 2.45) is 0 Å². The van der Waals surface area contributed by atoms with Gasteiger partial charge in [-0.15, -0.1) is 0 Å². The Hall–Kier alpha value is -3.26. The Balaban J connectivity index is 1.98. The summed E-state index contributed by atoms with van der Waals surface area (Å²) >= 11 is 0. The van der Waals surface area contributed by atoms with Crippen molar-refractivity contribution in [2.75, 3.05) is 0 Å². The van der Waals surface area contributed by atoms with Crippen LogP contribution in [0.15, 0.2) is 60.9 Å². The molecule has 0 N–H and O–H groups in total. The molecule has 0 amide bonds. The molecule has 0 saturated heterocycles. The second kappa shape index (κ2) is 3.46. The Bertz CT molecular complexity index is 1430. The van der Waals surface area contributed by atoms with Crippen LogP contribution in [0.3, 0.4) is 0 Å². The van der Waals surface area contributed by atoms with Crippen LogP contribution in [0.5, 0.6) is 0 Å². The Morgan fingerprint density at radius 1 is 0.458 bits per heavy atom. The fourth-order valence-corrected chi connectivity index (χ4v) is 4.48. The van der Waals surface area contributed by atoms with E-state index < -0.39 is 0 Å². The van der Waals surface area contributed by atoms with Crippen LogP contribution in [0.1, 0.15) is 0 Å². The molecular formula is C22H10N2. The molecule has 0 aliphatic rings. The van der Waals surface area contributed by atoms with Gasteiger partial charge >= 0.3 is 0 Å². The third-order valence-electron chi connectivity index (χ3n) is 5.61. The van der Waals surface area contributed by atoms with Crippen LogP contribution < -0.4 is 0 Å². The average Bonchev–Trinajstić information content (AvgIpc) is 2.55. The fraction of sp³-hybridized carbons (Fsp3) is 0. The summed E-state index contributed by atoms with van der Waals surface area (Å²) < 4.78 is 0. The average molecular weight is 302 g/mol. The van der Waals surface area contributed by atoms with Crippen molar-refractivity contribution in [1.82, 2.24) is 9.97 Å². The number of nitrogens with zero attached hydrogens (tertiary/aromatic N) is 2. The van der Waals surface area contributed by atoms with E-state index in [1.165, 1.54) is 53.9 Å². The van der Waals surface area contributed by atoms with Gasteiger partial charge in [-0.3, -0.25) is 9.97 Å². The highest BCUT2D eigenvalue weighted by Gasteiger charge is 2.18. The summed E-state index contributed by atoms with van der Waals surface area (Å²) in [7, 11) is 0. The number of benzene rings is 5. The minimum absolute atomic E-state index is 1.11. The Morgan fingerprint density at radius 3 is 1.25 bits per heavy atom. The molecule has 5 aromatic carbocycles. The van der Waals surface area contributed by atoms with Crippen molar-refractivity contribution in [2.45, 2.75) is 0 Å². The number of fused-ring (bicyclic) bond motifs is 6. The predicted octanol–water partition coefficient (Wildman–Crippen LogP) is 5.71. The van der Waals surface area contributed by atoms with Crippen molar-refractivity contribution >= 4 is 64.9 Å². The summed E-state index contributed by atoms with van der Waals surface area (Å²) in [6.07, 6.45) is 3.96. The molecule has 7 rings (SSSR count). The second-order valence-corrected chi connectivity index (χ2v) is 6.69. The van der Waals surface area contributed by atoms with E-state index in [-0.39, 0.29) is 0 Å². The first-order chi connectivity index (χ1) is 11.9. The third-order valence-corrected chi connectivity index (χ3v) is 5.61. The normalized spacial score (nSPS) is 13.0. The van der Waals surface area contributed by atoms with Gasteiger partial charge in [-0.05, 0) is 55.2 Å². The Morgan fingerprint density at radius 2 is 0.875 bits per heavy atom. The first-order valence-electron chi connectivity index (χ1n) is 8.18. The van der Waals surface area contributed by atoms with Crippen LogP contribution >= 0.6 is 0 Å². The molecule has 0 aliphatic carbocycles. The molecule has 24 heavy (non-hydrogen) atoms. The van der Waals surface area contributed by atoms with E-state index in [0.717, 1.165) is 11.0 Å². The third kappa shape index (κ3) is 1.06. The Labute approximate surface area is 136 Å². The highest BCUT2D eigenvalue weighted by molar-refractivity contribution is 6.38. The molecule has 0 radical (unpaired) electrons. The highest BCUT2D eigenvalue weighted by Crippen LogP contribution is 2.44. The largest absolute Gasteiger partial charge is 0.255 e. The monoisotopic (exact) mass is 302 g/mol. The summed E-state index contributed by atoms with van der Waals surface area (Å²) in [5, 5.41) is 13.1. The van der Waals surface area contributed by atoms with E-state index in [4.69, 9.17) is 0 Å². The van der Waals surface area contributed by atoms with Crippen LogP contribution in [0.2, 0.25) is 0 Å². The number of aromatic nitrogens is 2. The van der Waals surface area contributed by atoms with Gasteiger partial charge in [0.1, 0.15) is 0 Å². The van der Waals surface area contributed by atoms with Gasteiger partial charge < -0.3 is 0 Å². The second-order valence-electron chi connectivity index (χ2n) is 6.69. The summed E-state index contributed by atoms with van der Waals surface area (Å²) in [5.41, 5.74) is 2.22. The maximum atomic E-state index is 4.46. The van der Waals surface area contributed by atoms with Gasteiger partial charge in [0.2, 0.25) is 0 Å². The predicted molar refractivity (Wildman–Crippen MR) is 101 cm³/mol. The summed E-state index contributed by atoms with van der Waals surface area (Å²) in [6.45, 7) is 0. The molecule has 2 aromatic heterocycles. The summed E-state index contributed by atoms with van der Waals surface area (Å²) in [6, 6.07) is 17.8. The van der Waals surface area contributed by atoms with E-state index in [1.807, 2.05) is 12.4 Å². The maximum absolute atomic E-state index is 4.46. The molecule has 108 valence electrons. The molecule has 0 unspecified atom stereocenters. The number of hydrogen-bond donors (Lipinski definition) is 0. The van der Waals surface area contributed by atoms with Gasteiger partial charge in [0.05, 0.1) is 11.0 Å². The molecule has 2 heterocycles. The summed E-state index contributed by atoms with van der Waals surface area (Å²) in [4.78, 5) is 8.92. The zero-order valence-corrected chi connectivity index (χ0v) is 12.7. The summed E-state index contributed by atoms with van der Waals surface area (Å²) in [5.74, 6) is 0. The molecular weight excluding hydrogens is 292 g/mol. The van der Waals surface area contributed by atoms with Gasteiger partial charge in [0.15, 0.2) is 0 Å². The molecule has 0 saturated carbocycles. The number of hydrogen-bond acceptors (Lipinski definition) is 2. The molecule has 0 atom stereocenters. The minimum atomic E-state index is 1.11. The highest BCUT2D eigenvalue weighted by atomic mass is 14.7. The molecule has 0 aliphatic heterocycles. The van der Waals surface area contributed by atoms with Crippen molar-refractivity contribution in [1.29, 1.82) is 0 Å². The first-order valence-corrected chi connectivity index (χ1v) is 8.18. The lowest BCUT2D eigenvalue weighted by atomic mass is 9.87. The number of rotatable bonds is 0. The van der Waals surface area contributed by atoms with Crippen molar-refractivity contribution in [3.8, 4) is 0 Å². The van der Waals surface area contributed by atoms with Crippen LogP contribution in [0, 0.1) is 0 Å². The van der Waals surface area contributed by atoms with E-state index in [2.05, 4.69) is 58.5 Å². The van der Waals surface area contributed by atoms with Crippen LogP contribution in [0.4, 0.5) is 0 Å². The zero-order valence-electron chi connectivity index (χ0n) is 12.7. The van der Waals surface area contributed by atoms with Crippen LogP contribution in [-0.2, 0) is 0 Å². The van der Waals surface area contributed by atoms with Crippen molar-refractivity contribution in [3.63, 3.8) is 0 Å². The maximum Gasteiger partial charge on any atom is 0.0730 e. The van der Waals surface area contributed by atoms with Crippen LogP contribution in [0.25, 0.3) is 64.9 Å². The van der Waals surface area contributed by atoms with E-state index in [9.17, 15) is 0 Å². The van der Waals surface area contributed by atoms with Crippen molar-refractivity contribution in [3.05, 3.63) is 60.9 Å². The molecule has 0 bridgehead atoms. The van der Waals surface area contributed by atoms with Crippen LogP contribution in [-0.4, -0.2) is 9.97 Å². The van der Waals surface area contributed by atoms with Gasteiger partial charge in [-0.1, -0.05) is 36.4 Å². The van der Waals surface area contributed by atoms with Gasteiger partial charge in [0.25, 0.3) is 0 Å². The first kappa shape index (κ1) is 11.3. The van der Waals surface area contributed by atoms with E-state index >= 15 is 0 Å². The fourth-order valence-electron chi connectivity index (χ4n) is 4.48. The minimum Gasteiger partial charge on any atom is -0.255 e. The zero-order chi connectivity index (χ0) is 15.4. The molecule has 7 aromatic rings. The lowest BCUT2D eigenvalue weighted by Gasteiger charge is -2.18. The Kier molecular flexibility index (Phi) is 1.63. The molecule has 2 nitrogen and oxygen atoms in total. The van der Waals surface area contributed by atoms with E-state index in [0.29, 0.717) is 0 Å². The van der Waals surface area contributed by atoms with Gasteiger partial charge in [-0.25, -0.2) is 0 Å². The van der Waals surface area contributed by atoms with E-state index in [1.54, 1.807) is 0 Å². The lowest BCUT2D eigenvalue weighted by Crippen LogP contribution is -1.93. The molecule has 0 fully saturated rings. The van der Waals surface area contributed by atoms with Gasteiger partial charge in [-0.2, -0.15) is 0 Å². The van der Waals surface area contributed by atoms with Gasteiger partial charge in [0, 0.05) is 23.2 Å². The standard InChI is InChI=1S/C22H10N2/c1-3-11-15-7-20-18(10-24-20)14-6-2-4-12(22(14)15)16-8-19-17(9-23-19)13(5-1)21(11)16/h1-10H. The van der Waals surface area contributed by atoms with Crippen molar-refractivity contribution < 1.29 is 0 Å². The SMILES string of the molecule is c1cc2c3cnc3cc3c4cccc5c6cnc6cc(c(c1)c23)c54. The quantitative estimate of drug-likeness (QED) is 0.265. The topological polar surface area (TPSA) is 25.8 Å². The lowest BCUT2D eigenvalue weighted by molar-refractivity contribution is 1.41. The smallest absolute Gasteiger partial charge is 0.0730 e. The molecule has 2 heteroatoms. The molecule has 0 spiro atoms.